The van der Waals surface area contributed by atoms with Crippen LogP contribution in [-0.2, 0) is 6.42 Å². The Morgan fingerprint density at radius 1 is 1.22 bits per heavy atom. The van der Waals surface area contributed by atoms with Crippen LogP contribution in [0.5, 0.6) is 0 Å². The zero-order valence-corrected chi connectivity index (χ0v) is 15.8. The Labute approximate surface area is 162 Å². The Morgan fingerprint density at radius 3 is 2.81 bits per heavy atom. The number of carbonyl (C=O) groups is 1. The van der Waals surface area contributed by atoms with Crippen molar-refractivity contribution in [3.63, 3.8) is 0 Å². The lowest BCUT2D eigenvalue weighted by Crippen LogP contribution is -2.30. The highest BCUT2D eigenvalue weighted by atomic mass is 35.5. The number of amides is 1. The number of hydrogen-bond donors (Lipinski definition) is 0. The first-order valence-corrected chi connectivity index (χ1v) is 9.52. The number of nitrogens with zero attached hydrogens (tertiary/aromatic N) is 3. The first-order valence-electron chi connectivity index (χ1n) is 9.15. The predicted molar refractivity (Wildman–Crippen MR) is 100 cm³/mol. The maximum absolute atomic E-state index is 13.0. The van der Waals surface area contributed by atoms with Crippen molar-refractivity contribution in [3.05, 3.63) is 58.6 Å². The molecule has 0 saturated carbocycles. The van der Waals surface area contributed by atoms with E-state index in [4.69, 9.17) is 20.6 Å². The summed E-state index contributed by atoms with van der Waals surface area (Å²) in [5.74, 6) is 1.25. The average Bonchev–Trinajstić information content (AvgIpc) is 3.42. The predicted octanol–water partition coefficient (Wildman–Crippen LogP) is 4.91. The van der Waals surface area contributed by atoms with E-state index in [0.717, 1.165) is 42.7 Å². The Hall–Kier alpha value is -2.60. The van der Waals surface area contributed by atoms with Gasteiger partial charge in [0.25, 0.3) is 5.91 Å². The van der Waals surface area contributed by atoms with E-state index in [1.54, 1.807) is 23.1 Å². The molecule has 0 spiro atoms. The van der Waals surface area contributed by atoms with Gasteiger partial charge in [0.05, 0.1) is 6.04 Å². The highest BCUT2D eigenvalue weighted by Crippen LogP contribution is 2.33. The fourth-order valence-corrected chi connectivity index (χ4v) is 3.57. The number of rotatable bonds is 5. The standard InChI is InChI=1S/C20H20ClN3O3/c1-2-4-15-11-16(22-26-15)18-5-3-10-24(18)20(25)17-12-19(27-23-17)13-6-8-14(21)9-7-13/h6-9,11-12,18H,2-5,10H2,1H3. The monoisotopic (exact) mass is 385 g/mol. The SMILES string of the molecule is CCCc1cc(C2CCCN2C(=O)c2cc(-c3ccc(Cl)cc3)on2)no1. The highest BCUT2D eigenvalue weighted by Gasteiger charge is 2.34. The molecule has 1 aliphatic rings. The van der Waals surface area contributed by atoms with E-state index >= 15 is 0 Å². The minimum Gasteiger partial charge on any atom is -0.361 e. The molecule has 27 heavy (non-hydrogen) atoms. The molecule has 6 nitrogen and oxygen atoms in total. The lowest BCUT2D eigenvalue weighted by atomic mass is 10.1. The van der Waals surface area contributed by atoms with Crippen molar-refractivity contribution in [1.29, 1.82) is 0 Å². The fraction of sp³-hybridized carbons (Fsp3) is 0.350. The topological polar surface area (TPSA) is 72.4 Å². The first-order chi connectivity index (χ1) is 13.2. The lowest BCUT2D eigenvalue weighted by molar-refractivity contribution is 0.0720. The molecule has 1 aromatic carbocycles. The maximum Gasteiger partial charge on any atom is 0.276 e. The summed E-state index contributed by atoms with van der Waals surface area (Å²) in [7, 11) is 0. The van der Waals surface area contributed by atoms with Crippen LogP contribution in [0.4, 0.5) is 0 Å². The van der Waals surface area contributed by atoms with Crippen molar-refractivity contribution in [2.75, 3.05) is 6.54 Å². The first kappa shape index (κ1) is 17.8. The average molecular weight is 386 g/mol. The van der Waals surface area contributed by atoms with Gasteiger partial charge in [-0.05, 0) is 43.5 Å². The molecule has 1 unspecified atom stereocenters. The van der Waals surface area contributed by atoms with Crippen LogP contribution < -0.4 is 0 Å². The van der Waals surface area contributed by atoms with E-state index in [-0.39, 0.29) is 11.9 Å². The van der Waals surface area contributed by atoms with E-state index in [0.29, 0.717) is 23.0 Å². The smallest absolute Gasteiger partial charge is 0.276 e. The second-order valence-corrected chi connectivity index (χ2v) is 7.14. The van der Waals surface area contributed by atoms with Crippen LogP contribution >= 0.6 is 11.6 Å². The Kier molecular flexibility index (Phi) is 4.99. The van der Waals surface area contributed by atoms with Crippen LogP contribution in [-0.4, -0.2) is 27.7 Å². The van der Waals surface area contributed by atoms with Gasteiger partial charge in [-0.15, -0.1) is 0 Å². The van der Waals surface area contributed by atoms with E-state index in [2.05, 4.69) is 17.2 Å². The van der Waals surface area contributed by atoms with Crippen LogP contribution in [0.15, 0.2) is 45.4 Å². The zero-order chi connectivity index (χ0) is 18.8. The molecule has 3 aromatic rings. The molecule has 0 bridgehead atoms. The van der Waals surface area contributed by atoms with Gasteiger partial charge in [-0.1, -0.05) is 28.8 Å². The van der Waals surface area contributed by atoms with Gasteiger partial charge in [-0.2, -0.15) is 0 Å². The summed E-state index contributed by atoms with van der Waals surface area (Å²) in [4.78, 5) is 14.8. The van der Waals surface area contributed by atoms with Gasteiger partial charge in [-0.3, -0.25) is 4.79 Å². The summed E-state index contributed by atoms with van der Waals surface area (Å²) >= 11 is 5.92. The molecule has 140 valence electrons. The van der Waals surface area contributed by atoms with Crippen molar-refractivity contribution in [1.82, 2.24) is 15.2 Å². The number of likely N-dealkylation sites (tertiary alicyclic amines) is 1. The minimum atomic E-state index is -0.151. The number of carbonyl (C=O) groups excluding carboxylic acids is 1. The number of aryl methyl sites for hydroxylation is 1. The van der Waals surface area contributed by atoms with Crippen LogP contribution in [0, 0.1) is 0 Å². The van der Waals surface area contributed by atoms with Crippen LogP contribution in [0.2, 0.25) is 5.02 Å². The molecule has 1 amide bonds. The van der Waals surface area contributed by atoms with Crippen molar-refractivity contribution in [3.8, 4) is 11.3 Å². The van der Waals surface area contributed by atoms with E-state index in [1.165, 1.54) is 0 Å². The van der Waals surface area contributed by atoms with Crippen molar-refractivity contribution >= 4 is 17.5 Å². The molecule has 0 aliphatic carbocycles. The summed E-state index contributed by atoms with van der Waals surface area (Å²) in [5.41, 5.74) is 1.93. The molecule has 4 rings (SSSR count). The van der Waals surface area contributed by atoms with Crippen molar-refractivity contribution in [2.24, 2.45) is 0 Å². The van der Waals surface area contributed by atoms with Gasteiger partial charge in [0.1, 0.15) is 11.5 Å². The third kappa shape index (κ3) is 3.62. The highest BCUT2D eigenvalue weighted by molar-refractivity contribution is 6.30. The minimum absolute atomic E-state index is 0.0810. The van der Waals surface area contributed by atoms with Gasteiger partial charge in [-0.25, -0.2) is 0 Å². The van der Waals surface area contributed by atoms with Gasteiger partial charge in [0, 0.05) is 35.7 Å². The molecule has 1 aliphatic heterocycles. The van der Waals surface area contributed by atoms with Crippen LogP contribution in [0.1, 0.15) is 54.2 Å². The van der Waals surface area contributed by atoms with E-state index in [9.17, 15) is 4.79 Å². The normalized spacial score (nSPS) is 16.8. The Bertz CT molecular complexity index is 932. The number of hydrogen-bond acceptors (Lipinski definition) is 5. The summed E-state index contributed by atoms with van der Waals surface area (Å²) in [6, 6.07) is 10.8. The number of aromatic nitrogens is 2. The molecule has 1 fully saturated rings. The Balaban J connectivity index is 1.53. The Morgan fingerprint density at radius 2 is 2.04 bits per heavy atom. The lowest BCUT2D eigenvalue weighted by Gasteiger charge is -2.21. The summed E-state index contributed by atoms with van der Waals surface area (Å²) < 4.78 is 10.8. The molecular formula is C20H20ClN3O3. The second kappa shape index (κ2) is 7.56. The second-order valence-electron chi connectivity index (χ2n) is 6.71. The van der Waals surface area contributed by atoms with Gasteiger partial charge in [0.2, 0.25) is 0 Å². The van der Waals surface area contributed by atoms with Gasteiger partial charge < -0.3 is 13.9 Å². The van der Waals surface area contributed by atoms with Crippen molar-refractivity contribution in [2.45, 2.75) is 38.6 Å². The van der Waals surface area contributed by atoms with E-state index < -0.39 is 0 Å². The largest absolute Gasteiger partial charge is 0.361 e. The molecule has 1 saturated heterocycles. The fourth-order valence-electron chi connectivity index (χ4n) is 3.44. The maximum atomic E-state index is 13.0. The number of halogens is 1. The summed E-state index contributed by atoms with van der Waals surface area (Å²) in [5, 5.41) is 8.80. The molecule has 0 radical (unpaired) electrons. The molecule has 0 N–H and O–H groups in total. The number of benzene rings is 1. The van der Waals surface area contributed by atoms with Crippen LogP contribution in [0.3, 0.4) is 0 Å². The molecule has 7 heteroatoms. The van der Waals surface area contributed by atoms with Crippen LogP contribution in [0.25, 0.3) is 11.3 Å². The van der Waals surface area contributed by atoms with E-state index in [1.807, 2.05) is 18.2 Å². The summed E-state index contributed by atoms with van der Waals surface area (Å²) in [6.45, 7) is 2.76. The third-order valence-electron chi connectivity index (χ3n) is 4.79. The third-order valence-corrected chi connectivity index (χ3v) is 5.04. The molecule has 2 aromatic heterocycles. The van der Waals surface area contributed by atoms with Crippen molar-refractivity contribution < 1.29 is 13.8 Å². The molecular weight excluding hydrogens is 366 g/mol. The summed E-state index contributed by atoms with van der Waals surface area (Å²) in [6.07, 6.45) is 3.63. The molecule has 3 heterocycles. The van der Waals surface area contributed by atoms with Gasteiger partial charge in [0.15, 0.2) is 11.5 Å². The molecule has 1 atom stereocenters. The van der Waals surface area contributed by atoms with Gasteiger partial charge >= 0.3 is 0 Å². The zero-order valence-electron chi connectivity index (χ0n) is 15.0. The quantitative estimate of drug-likeness (QED) is 0.623.